The second-order valence-corrected chi connectivity index (χ2v) is 3.83. The molecule has 0 aromatic heterocycles. The molecule has 1 rings (SSSR count). The van der Waals surface area contributed by atoms with Crippen molar-refractivity contribution >= 4 is 17.5 Å². The minimum atomic E-state index is -0.630. The van der Waals surface area contributed by atoms with Crippen molar-refractivity contribution in [2.24, 2.45) is 0 Å². The van der Waals surface area contributed by atoms with Gasteiger partial charge in [-0.1, -0.05) is 17.7 Å². The summed E-state index contributed by atoms with van der Waals surface area (Å²) in [5, 5.41) is 2.69. The van der Waals surface area contributed by atoms with Gasteiger partial charge in [0.15, 0.2) is 0 Å². The quantitative estimate of drug-likeness (QED) is 0.884. The van der Waals surface area contributed by atoms with Crippen LogP contribution in [-0.2, 0) is 4.74 Å². The molecule has 0 saturated heterocycles. The molecule has 1 amide bonds. The second-order valence-electron chi connectivity index (χ2n) is 3.43. The van der Waals surface area contributed by atoms with E-state index in [0.717, 1.165) is 0 Å². The number of ether oxygens (including phenoxy) is 1. The summed E-state index contributed by atoms with van der Waals surface area (Å²) in [6.07, 6.45) is 0. The summed E-state index contributed by atoms with van der Waals surface area (Å²) >= 11 is 5.75. The summed E-state index contributed by atoms with van der Waals surface area (Å²) in [4.78, 5) is 11.7. The van der Waals surface area contributed by atoms with Crippen molar-refractivity contribution in [1.82, 2.24) is 5.32 Å². The third kappa shape index (κ3) is 3.18. The topological polar surface area (TPSA) is 38.3 Å². The maximum atomic E-state index is 13.4. The van der Waals surface area contributed by atoms with Crippen molar-refractivity contribution in [2.45, 2.75) is 13.0 Å². The van der Waals surface area contributed by atoms with E-state index in [9.17, 15) is 9.18 Å². The minimum absolute atomic E-state index is 0.0992. The van der Waals surface area contributed by atoms with Crippen LogP contribution in [0.4, 0.5) is 4.39 Å². The maximum absolute atomic E-state index is 13.4. The highest BCUT2D eigenvalue weighted by molar-refractivity contribution is 6.33. The fraction of sp³-hybridized carbons (Fsp3) is 0.364. The van der Waals surface area contributed by atoms with Crippen molar-refractivity contribution in [3.8, 4) is 0 Å². The van der Waals surface area contributed by atoms with Gasteiger partial charge >= 0.3 is 0 Å². The number of nitrogens with one attached hydrogen (secondary N) is 1. The van der Waals surface area contributed by atoms with Crippen molar-refractivity contribution in [3.63, 3.8) is 0 Å². The lowest BCUT2D eigenvalue weighted by atomic mass is 10.2. The lowest BCUT2D eigenvalue weighted by Crippen LogP contribution is -2.36. The number of hydrogen-bond donors (Lipinski definition) is 1. The smallest absolute Gasteiger partial charge is 0.256 e. The summed E-state index contributed by atoms with van der Waals surface area (Å²) in [5.41, 5.74) is -0.132. The Morgan fingerprint density at radius 2 is 2.31 bits per heavy atom. The molecule has 16 heavy (non-hydrogen) atoms. The molecule has 0 aliphatic carbocycles. The number of rotatable bonds is 4. The molecule has 0 bridgehead atoms. The van der Waals surface area contributed by atoms with Crippen LogP contribution in [0.1, 0.15) is 17.3 Å². The fourth-order valence-electron chi connectivity index (χ4n) is 1.30. The van der Waals surface area contributed by atoms with E-state index < -0.39 is 11.7 Å². The van der Waals surface area contributed by atoms with Gasteiger partial charge in [0.05, 0.1) is 17.2 Å². The Hall–Kier alpha value is -1.13. The molecule has 88 valence electrons. The minimum Gasteiger partial charge on any atom is -0.383 e. The molecule has 0 spiro atoms. The van der Waals surface area contributed by atoms with Gasteiger partial charge in [0.1, 0.15) is 5.82 Å². The number of amides is 1. The number of carbonyl (C=O) groups excluding carboxylic acids is 1. The predicted molar refractivity (Wildman–Crippen MR) is 60.2 cm³/mol. The SMILES string of the molecule is COC[C@H](C)NC(=O)c1c(F)cccc1Cl. The maximum Gasteiger partial charge on any atom is 0.256 e. The van der Waals surface area contributed by atoms with E-state index in [1.54, 1.807) is 6.92 Å². The highest BCUT2D eigenvalue weighted by atomic mass is 35.5. The number of methoxy groups -OCH3 is 1. The predicted octanol–water partition coefficient (Wildman–Crippen LogP) is 2.24. The molecule has 0 saturated carbocycles. The Kier molecular flexibility index (Phi) is 4.71. The van der Waals surface area contributed by atoms with Gasteiger partial charge in [-0.2, -0.15) is 0 Å². The summed E-state index contributed by atoms with van der Waals surface area (Å²) in [6.45, 7) is 2.12. The average Bonchev–Trinajstić information content (AvgIpc) is 2.17. The van der Waals surface area contributed by atoms with Crippen molar-refractivity contribution < 1.29 is 13.9 Å². The molecule has 0 aliphatic rings. The normalized spacial score (nSPS) is 12.2. The zero-order valence-corrected chi connectivity index (χ0v) is 9.84. The van der Waals surface area contributed by atoms with Crippen molar-refractivity contribution in [2.75, 3.05) is 13.7 Å². The first-order chi connectivity index (χ1) is 7.56. The third-order valence-corrected chi connectivity index (χ3v) is 2.30. The van der Waals surface area contributed by atoms with Gasteiger partial charge in [-0.15, -0.1) is 0 Å². The number of hydrogen-bond acceptors (Lipinski definition) is 2. The second kappa shape index (κ2) is 5.82. The number of benzene rings is 1. The Bertz CT molecular complexity index is 364. The molecule has 1 aromatic rings. The summed E-state index contributed by atoms with van der Waals surface area (Å²) < 4.78 is 18.2. The first kappa shape index (κ1) is 12.9. The largest absolute Gasteiger partial charge is 0.383 e. The molecule has 1 aromatic carbocycles. The van der Waals surface area contributed by atoms with E-state index in [2.05, 4.69) is 5.32 Å². The highest BCUT2D eigenvalue weighted by Crippen LogP contribution is 2.18. The van der Waals surface area contributed by atoms with Gasteiger partial charge in [0, 0.05) is 13.2 Å². The molecule has 0 radical (unpaired) electrons. The van der Waals surface area contributed by atoms with E-state index in [-0.39, 0.29) is 16.6 Å². The molecule has 0 fully saturated rings. The highest BCUT2D eigenvalue weighted by Gasteiger charge is 2.17. The molecule has 1 atom stereocenters. The summed E-state index contributed by atoms with van der Waals surface area (Å²) in [7, 11) is 1.53. The van der Waals surface area contributed by atoms with Crippen LogP contribution >= 0.6 is 11.6 Å². The third-order valence-electron chi connectivity index (χ3n) is 1.98. The standard InChI is InChI=1S/C11H13ClFNO2/c1-7(6-16-2)14-11(15)10-8(12)4-3-5-9(10)13/h3-5,7H,6H2,1-2H3,(H,14,15)/t7-/m0/s1. The van der Waals surface area contributed by atoms with Crippen LogP contribution in [0.2, 0.25) is 5.02 Å². The first-order valence-corrected chi connectivity index (χ1v) is 5.18. The zero-order valence-electron chi connectivity index (χ0n) is 9.09. The van der Waals surface area contributed by atoms with Gasteiger partial charge in [0.2, 0.25) is 0 Å². The fourth-order valence-corrected chi connectivity index (χ4v) is 1.55. The van der Waals surface area contributed by atoms with Gasteiger partial charge in [0.25, 0.3) is 5.91 Å². The van der Waals surface area contributed by atoms with Gasteiger partial charge in [-0.3, -0.25) is 4.79 Å². The molecule has 3 nitrogen and oxygen atoms in total. The van der Waals surface area contributed by atoms with Gasteiger partial charge < -0.3 is 10.1 Å². The number of halogens is 2. The van der Waals surface area contributed by atoms with Gasteiger partial charge in [-0.05, 0) is 19.1 Å². The Morgan fingerprint density at radius 1 is 1.62 bits per heavy atom. The van der Waals surface area contributed by atoms with Crippen LogP contribution in [0.25, 0.3) is 0 Å². The Labute approximate surface area is 98.5 Å². The van der Waals surface area contributed by atoms with E-state index in [1.807, 2.05) is 0 Å². The van der Waals surface area contributed by atoms with Crippen LogP contribution in [0.5, 0.6) is 0 Å². The molecule has 0 aliphatic heterocycles. The molecular formula is C11H13ClFNO2. The monoisotopic (exact) mass is 245 g/mol. The summed E-state index contributed by atoms with van der Waals surface area (Å²) in [6, 6.07) is 3.92. The zero-order chi connectivity index (χ0) is 12.1. The molecule has 5 heteroatoms. The lowest BCUT2D eigenvalue weighted by Gasteiger charge is -2.13. The van der Waals surface area contributed by atoms with E-state index in [4.69, 9.17) is 16.3 Å². The number of carbonyl (C=O) groups is 1. The Morgan fingerprint density at radius 3 is 2.88 bits per heavy atom. The van der Waals surface area contributed by atoms with E-state index in [0.29, 0.717) is 6.61 Å². The van der Waals surface area contributed by atoms with Crippen molar-refractivity contribution in [1.29, 1.82) is 0 Å². The van der Waals surface area contributed by atoms with Crippen LogP contribution in [-0.4, -0.2) is 25.7 Å². The average molecular weight is 246 g/mol. The molecule has 0 heterocycles. The molecular weight excluding hydrogens is 233 g/mol. The van der Waals surface area contributed by atoms with Crippen LogP contribution in [0.3, 0.4) is 0 Å². The molecule has 0 unspecified atom stereocenters. The van der Waals surface area contributed by atoms with Crippen LogP contribution in [0.15, 0.2) is 18.2 Å². The summed E-state index contributed by atoms with van der Waals surface area (Å²) in [5.74, 6) is -1.16. The first-order valence-electron chi connectivity index (χ1n) is 4.80. The molecule has 1 N–H and O–H groups in total. The van der Waals surface area contributed by atoms with Crippen molar-refractivity contribution in [3.05, 3.63) is 34.6 Å². The Balaban J connectivity index is 2.80. The van der Waals surface area contributed by atoms with E-state index in [1.165, 1.54) is 25.3 Å². The van der Waals surface area contributed by atoms with Gasteiger partial charge in [-0.25, -0.2) is 4.39 Å². The van der Waals surface area contributed by atoms with Crippen LogP contribution in [0, 0.1) is 5.82 Å². The lowest BCUT2D eigenvalue weighted by molar-refractivity contribution is 0.0901. The van der Waals surface area contributed by atoms with E-state index >= 15 is 0 Å². The van der Waals surface area contributed by atoms with Crippen LogP contribution < -0.4 is 5.32 Å².